The van der Waals surface area contributed by atoms with Crippen LogP contribution in [0.15, 0.2) is 6.33 Å². The summed E-state index contributed by atoms with van der Waals surface area (Å²) in [6.07, 6.45) is 1.75. The number of nitrogens with one attached hydrogen (secondary N) is 1. The van der Waals surface area contributed by atoms with Crippen molar-refractivity contribution in [2.75, 3.05) is 13.2 Å². The monoisotopic (exact) mass is 226 g/mol. The fourth-order valence-corrected chi connectivity index (χ4v) is 1.20. The molecule has 1 rings (SSSR count). The summed E-state index contributed by atoms with van der Waals surface area (Å²) >= 11 is 0. The highest BCUT2D eigenvalue weighted by Crippen LogP contribution is 2.06. The minimum Gasteiger partial charge on any atom is -0.374 e. The lowest BCUT2D eigenvalue weighted by atomic mass is 10.2. The summed E-state index contributed by atoms with van der Waals surface area (Å²) in [6.45, 7) is 11.3. The van der Waals surface area contributed by atoms with Crippen molar-refractivity contribution in [2.45, 2.75) is 46.4 Å². The van der Waals surface area contributed by atoms with Gasteiger partial charge in [-0.15, -0.1) is 0 Å². The van der Waals surface area contributed by atoms with Gasteiger partial charge in [-0.25, -0.2) is 4.98 Å². The van der Waals surface area contributed by atoms with E-state index in [4.69, 9.17) is 4.74 Å². The van der Waals surface area contributed by atoms with Crippen LogP contribution in [0.2, 0.25) is 0 Å². The highest BCUT2D eigenvalue weighted by molar-refractivity contribution is 4.80. The molecule has 0 aliphatic carbocycles. The van der Waals surface area contributed by atoms with Crippen LogP contribution in [0.25, 0.3) is 0 Å². The van der Waals surface area contributed by atoms with Crippen LogP contribution >= 0.6 is 0 Å². The molecule has 0 atom stereocenters. The predicted octanol–water partition coefficient (Wildman–Crippen LogP) is 1.20. The minimum atomic E-state index is -0.0901. The minimum absolute atomic E-state index is 0.0901. The van der Waals surface area contributed by atoms with Gasteiger partial charge in [-0.2, -0.15) is 5.10 Å². The Morgan fingerprint density at radius 1 is 1.44 bits per heavy atom. The summed E-state index contributed by atoms with van der Waals surface area (Å²) in [4.78, 5) is 4.20. The first-order valence-corrected chi connectivity index (χ1v) is 5.74. The van der Waals surface area contributed by atoms with Gasteiger partial charge in [0.1, 0.15) is 6.33 Å². The average Bonchev–Trinajstić information content (AvgIpc) is 2.61. The van der Waals surface area contributed by atoms with Gasteiger partial charge in [0.05, 0.1) is 25.3 Å². The largest absolute Gasteiger partial charge is 0.374 e. The third-order valence-electron chi connectivity index (χ3n) is 1.97. The molecule has 92 valence electrons. The highest BCUT2D eigenvalue weighted by atomic mass is 16.5. The molecule has 0 unspecified atom stereocenters. The van der Waals surface area contributed by atoms with Crippen LogP contribution in [0.4, 0.5) is 0 Å². The molecule has 0 saturated carbocycles. The summed E-state index contributed by atoms with van der Waals surface area (Å²) in [7, 11) is 0. The number of hydrogen-bond donors (Lipinski definition) is 1. The van der Waals surface area contributed by atoms with E-state index >= 15 is 0 Å². The van der Waals surface area contributed by atoms with Gasteiger partial charge in [0.15, 0.2) is 5.82 Å². The van der Waals surface area contributed by atoms with E-state index in [1.165, 1.54) is 0 Å². The molecule has 0 aromatic carbocycles. The molecule has 1 heterocycles. The lowest BCUT2D eigenvalue weighted by molar-refractivity contribution is -0.00795. The van der Waals surface area contributed by atoms with Gasteiger partial charge in [0.25, 0.3) is 0 Å². The molecule has 0 amide bonds. The van der Waals surface area contributed by atoms with Crippen molar-refractivity contribution >= 4 is 0 Å². The SMILES string of the molecule is CCNCc1ncn(CCOC(C)(C)C)n1. The maximum atomic E-state index is 5.62. The van der Waals surface area contributed by atoms with Crippen LogP contribution in [0.3, 0.4) is 0 Å². The fraction of sp³-hybridized carbons (Fsp3) is 0.818. The summed E-state index contributed by atoms with van der Waals surface area (Å²) < 4.78 is 7.44. The van der Waals surface area contributed by atoms with Gasteiger partial charge < -0.3 is 10.1 Å². The number of nitrogens with zero attached hydrogens (tertiary/aromatic N) is 3. The first kappa shape index (κ1) is 13.1. The van der Waals surface area contributed by atoms with E-state index in [9.17, 15) is 0 Å². The molecular formula is C11H22N4O. The zero-order chi connectivity index (χ0) is 12.0. The second kappa shape index (κ2) is 5.96. The van der Waals surface area contributed by atoms with E-state index in [1.54, 1.807) is 6.33 Å². The average molecular weight is 226 g/mol. The van der Waals surface area contributed by atoms with Crippen molar-refractivity contribution in [1.82, 2.24) is 20.1 Å². The molecule has 0 saturated heterocycles. The van der Waals surface area contributed by atoms with E-state index in [0.29, 0.717) is 6.61 Å². The second-order valence-corrected chi connectivity index (χ2v) is 4.67. The van der Waals surface area contributed by atoms with E-state index in [0.717, 1.165) is 25.5 Å². The standard InChI is InChI=1S/C11H22N4O/c1-5-12-8-10-13-9-15(14-10)6-7-16-11(2,3)4/h9,12H,5-8H2,1-4H3. The van der Waals surface area contributed by atoms with Crippen molar-refractivity contribution < 1.29 is 4.74 Å². The van der Waals surface area contributed by atoms with Crippen molar-refractivity contribution in [1.29, 1.82) is 0 Å². The Morgan fingerprint density at radius 2 is 2.19 bits per heavy atom. The lowest BCUT2D eigenvalue weighted by Gasteiger charge is -2.19. The molecule has 1 N–H and O–H groups in total. The quantitative estimate of drug-likeness (QED) is 0.792. The summed E-state index contributed by atoms with van der Waals surface area (Å²) in [5, 5.41) is 7.52. The Labute approximate surface area is 97.2 Å². The molecule has 0 radical (unpaired) electrons. The number of hydrogen-bond acceptors (Lipinski definition) is 4. The Morgan fingerprint density at radius 3 is 2.81 bits per heavy atom. The third-order valence-corrected chi connectivity index (χ3v) is 1.97. The Bertz CT molecular complexity index is 303. The number of aromatic nitrogens is 3. The second-order valence-electron chi connectivity index (χ2n) is 4.67. The molecule has 16 heavy (non-hydrogen) atoms. The van der Waals surface area contributed by atoms with Crippen molar-refractivity contribution in [3.8, 4) is 0 Å². The van der Waals surface area contributed by atoms with E-state index in [2.05, 4.69) is 22.3 Å². The van der Waals surface area contributed by atoms with E-state index in [-0.39, 0.29) is 5.60 Å². The van der Waals surface area contributed by atoms with Crippen LogP contribution in [0.5, 0.6) is 0 Å². The van der Waals surface area contributed by atoms with Crippen molar-refractivity contribution in [2.24, 2.45) is 0 Å². The molecule has 5 nitrogen and oxygen atoms in total. The van der Waals surface area contributed by atoms with Gasteiger partial charge in [-0.05, 0) is 27.3 Å². The van der Waals surface area contributed by atoms with Gasteiger partial charge >= 0.3 is 0 Å². The number of rotatable bonds is 6. The van der Waals surface area contributed by atoms with E-state index in [1.807, 2.05) is 25.5 Å². The Hall–Kier alpha value is -0.940. The van der Waals surface area contributed by atoms with Crippen LogP contribution in [-0.2, 0) is 17.8 Å². The molecule has 1 aromatic rings. The van der Waals surface area contributed by atoms with Gasteiger partial charge in [-0.3, -0.25) is 4.68 Å². The highest BCUT2D eigenvalue weighted by Gasteiger charge is 2.09. The Balaban J connectivity index is 2.29. The number of ether oxygens (including phenoxy) is 1. The zero-order valence-corrected chi connectivity index (χ0v) is 10.7. The fourth-order valence-electron chi connectivity index (χ4n) is 1.20. The third kappa shape index (κ3) is 5.23. The van der Waals surface area contributed by atoms with Gasteiger partial charge in [0, 0.05) is 0 Å². The summed E-state index contributed by atoms with van der Waals surface area (Å²) in [5.41, 5.74) is -0.0901. The topological polar surface area (TPSA) is 52.0 Å². The maximum absolute atomic E-state index is 5.62. The van der Waals surface area contributed by atoms with Gasteiger partial charge in [0.2, 0.25) is 0 Å². The van der Waals surface area contributed by atoms with Crippen molar-refractivity contribution in [3.63, 3.8) is 0 Å². The van der Waals surface area contributed by atoms with Gasteiger partial charge in [-0.1, -0.05) is 6.92 Å². The molecule has 0 bridgehead atoms. The first-order chi connectivity index (χ1) is 7.51. The molecule has 0 aliphatic heterocycles. The molecule has 0 fully saturated rings. The molecule has 5 heteroatoms. The molecule has 1 aromatic heterocycles. The normalized spacial score (nSPS) is 12.0. The van der Waals surface area contributed by atoms with Crippen LogP contribution < -0.4 is 5.32 Å². The smallest absolute Gasteiger partial charge is 0.164 e. The molecule has 0 aliphatic rings. The molecular weight excluding hydrogens is 204 g/mol. The Kier molecular flexibility index (Phi) is 4.89. The van der Waals surface area contributed by atoms with Crippen molar-refractivity contribution in [3.05, 3.63) is 12.2 Å². The maximum Gasteiger partial charge on any atom is 0.164 e. The zero-order valence-electron chi connectivity index (χ0n) is 10.7. The predicted molar refractivity (Wildman–Crippen MR) is 63.1 cm³/mol. The van der Waals surface area contributed by atoms with Crippen LogP contribution in [0.1, 0.15) is 33.5 Å². The first-order valence-electron chi connectivity index (χ1n) is 5.74. The van der Waals surface area contributed by atoms with Crippen LogP contribution in [-0.4, -0.2) is 33.5 Å². The lowest BCUT2D eigenvalue weighted by Crippen LogP contribution is -2.22. The summed E-state index contributed by atoms with van der Waals surface area (Å²) in [5.74, 6) is 0.831. The van der Waals surface area contributed by atoms with Crippen LogP contribution in [0, 0.1) is 0 Å². The van der Waals surface area contributed by atoms with E-state index < -0.39 is 0 Å². The summed E-state index contributed by atoms with van der Waals surface area (Å²) in [6, 6.07) is 0. The molecule has 0 spiro atoms.